The summed E-state index contributed by atoms with van der Waals surface area (Å²) in [7, 11) is 1.98. The van der Waals surface area contributed by atoms with Gasteiger partial charge in [0.1, 0.15) is 5.75 Å². The van der Waals surface area contributed by atoms with Gasteiger partial charge in [0, 0.05) is 13.1 Å². The van der Waals surface area contributed by atoms with E-state index in [4.69, 9.17) is 4.74 Å². The Kier molecular flexibility index (Phi) is 5.83. The first-order valence-corrected chi connectivity index (χ1v) is 8.14. The lowest BCUT2D eigenvalue weighted by Gasteiger charge is -2.32. The van der Waals surface area contributed by atoms with E-state index in [1.807, 2.05) is 25.8 Å². The molecule has 4 nitrogen and oxygen atoms in total. The lowest BCUT2D eigenvalue weighted by Crippen LogP contribution is -2.42. The van der Waals surface area contributed by atoms with Gasteiger partial charge in [-0.1, -0.05) is 17.7 Å². The highest BCUT2D eigenvalue weighted by molar-refractivity contribution is 5.78. The molecule has 1 aliphatic rings. The fourth-order valence-electron chi connectivity index (χ4n) is 3.29. The lowest BCUT2D eigenvalue weighted by atomic mass is 9.97. The first-order chi connectivity index (χ1) is 10.5. The number of carbonyl (C=O) groups is 1. The fourth-order valence-corrected chi connectivity index (χ4v) is 3.29. The third-order valence-corrected chi connectivity index (χ3v) is 4.40. The largest absolute Gasteiger partial charge is 0.483 e. The molecule has 0 atom stereocenters. The van der Waals surface area contributed by atoms with Crippen LogP contribution in [-0.2, 0) is 4.79 Å². The van der Waals surface area contributed by atoms with Gasteiger partial charge in [-0.15, -0.1) is 0 Å². The average Bonchev–Trinajstić information content (AvgIpc) is 2.47. The van der Waals surface area contributed by atoms with Gasteiger partial charge < -0.3 is 15.0 Å². The van der Waals surface area contributed by atoms with Gasteiger partial charge in [-0.3, -0.25) is 4.79 Å². The minimum Gasteiger partial charge on any atom is -0.483 e. The highest BCUT2D eigenvalue weighted by atomic mass is 16.5. The number of likely N-dealkylation sites (tertiary alicyclic amines) is 1. The van der Waals surface area contributed by atoms with Crippen LogP contribution in [0.25, 0.3) is 0 Å². The molecule has 2 rings (SSSR count). The van der Waals surface area contributed by atoms with Gasteiger partial charge in [0.2, 0.25) is 0 Å². The third kappa shape index (κ3) is 4.23. The Bertz CT molecular complexity index is 497. The molecule has 122 valence electrons. The Balaban J connectivity index is 1.86. The van der Waals surface area contributed by atoms with Gasteiger partial charge in [0.25, 0.3) is 5.91 Å². The van der Waals surface area contributed by atoms with Crippen LogP contribution in [0, 0.1) is 26.7 Å². The van der Waals surface area contributed by atoms with E-state index in [2.05, 4.69) is 24.4 Å². The second kappa shape index (κ2) is 7.63. The summed E-state index contributed by atoms with van der Waals surface area (Å²) in [6, 6.07) is 4.19. The Morgan fingerprint density at radius 1 is 1.23 bits per heavy atom. The number of aryl methyl sites for hydroxylation is 3. The first kappa shape index (κ1) is 16.8. The molecule has 1 aliphatic heterocycles. The molecule has 1 saturated heterocycles. The molecule has 1 aromatic carbocycles. The molecule has 0 bridgehead atoms. The molecule has 4 heteroatoms. The van der Waals surface area contributed by atoms with Crippen LogP contribution in [0.2, 0.25) is 0 Å². The van der Waals surface area contributed by atoms with Gasteiger partial charge in [0.15, 0.2) is 6.61 Å². The van der Waals surface area contributed by atoms with E-state index in [1.54, 1.807) is 0 Å². The van der Waals surface area contributed by atoms with E-state index in [0.717, 1.165) is 49.4 Å². The van der Waals surface area contributed by atoms with Crippen molar-refractivity contribution < 1.29 is 9.53 Å². The zero-order chi connectivity index (χ0) is 16.1. The molecule has 0 aromatic heterocycles. The van der Waals surface area contributed by atoms with Crippen molar-refractivity contribution in [2.75, 3.05) is 33.3 Å². The second-order valence-electron chi connectivity index (χ2n) is 6.40. The monoisotopic (exact) mass is 304 g/mol. The lowest BCUT2D eigenvalue weighted by molar-refractivity contribution is -0.134. The van der Waals surface area contributed by atoms with Gasteiger partial charge in [-0.2, -0.15) is 0 Å². The topological polar surface area (TPSA) is 41.6 Å². The summed E-state index contributed by atoms with van der Waals surface area (Å²) in [5.74, 6) is 1.64. The molecule has 22 heavy (non-hydrogen) atoms. The molecule has 0 spiro atoms. The maximum atomic E-state index is 12.3. The molecule has 0 aliphatic carbocycles. The molecule has 1 amide bonds. The van der Waals surface area contributed by atoms with Crippen LogP contribution in [0.15, 0.2) is 12.1 Å². The normalized spacial score (nSPS) is 15.9. The number of amides is 1. The summed E-state index contributed by atoms with van der Waals surface area (Å²) in [5, 5.41) is 3.22. The van der Waals surface area contributed by atoms with Crippen molar-refractivity contribution in [2.24, 2.45) is 5.92 Å². The fraction of sp³-hybridized carbons (Fsp3) is 0.611. The number of hydrogen-bond acceptors (Lipinski definition) is 3. The Morgan fingerprint density at radius 2 is 1.82 bits per heavy atom. The van der Waals surface area contributed by atoms with Crippen LogP contribution in [0.3, 0.4) is 0 Å². The number of nitrogens with zero attached hydrogens (tertiary/aromatic N) is 1. The van der Waals surface area contributed by atoms with Gasteiger partial charge >= 0.3 is 0 Å². The number of ether oxygens (including phenoxy) is 1. The zero-order valence-corrected chi connectivity index (χ0v) is 14.2. The van der Waals surface area contributed by atoms with Gasteiger partial charge in [-0.05, 0) is 64.3 Å². The molecule has 0 radical (unpaired) electrons. The van der Waals surface area contributed by atoms with Crippen molar-refractivity contribution in [3.63, 3.8) is 0 Å². The summed E-state index contributed by atoms with van der Waals surface area (Å²) in [6.07, 6.45) is 2.16. The summed E-state index contributed by atoms with van der Waals surface area (Å²) in [6.45, 7) is 9.01. The molecular formula is C18H28N2O2. The molecule has 1 heterocycles. The van der Waals surface area contributed by atoms with Gasteiger partial charge in [0.05, 0.1) is 0 Å². The van der Waals surface area contributed by atoms with E-state index in [-0.39, 0.29) is 12.5 Å². The number of carbonyl (C=O) groups excluding carboxylic acids is 1. The molecular weight excluding hydrogens is 276 g/mol. The smallest absolute Gasteiger partial charge is 0.260 e. The summed E-state index contributed by atoms with van der Waals surface area (Å²) in [5.41, 5.74) is 3.41. The van der Waals surface area contributed by atoms with Crippen LogP contribution < -0.4 is 10.1 Å². The third-order valence-electron chi connectivity index (χ3n) is 4.40. The zero-order valence-electron chi connectivity index (χ0n) is 14.2. The van der Waals surface area contributed by atoms with Crippen LogP contribution in [0.5, 0.6) is 5.75 Å². The summed E-state index contributed by atoms with van der Waals surface area (Å²) in [4.78, 5) is 14.2. The van der Waals surface area contributed by atoms with Crippen LogP contribution in [-0.4, -0.2) is 44.1 Å². The standard InChI is InChI=1S/C18H28N2O2/c1-13-9-14(2)18(15(3)10-13)22-12-17(21)20-7-5-16(6-8-20)11-19-4/h9-10,16,19H,5-8,11-12H2,1-4H3. The number of piperidine rings is 1. The van der Waals surface area contributed by atoms with Gasteiger partial charge in [-0.25, -0.2) is 0 Å². The quantitative estimate of drug-likeness (QED) is 0.908. The van der Waals surface area contributed by atoms with E-state index in [0.29, 0.717) is 5.92 Å². The van der Waals surface area contributed by atoms with Crippen LogP contribution in [0.4, 0.5) is 0 Å². The van der Waals surface area contributed by atoms with E-state index >= 15 is 0 Å². The minimum absolute atomic E-state index is 0.0993. The van der Waals surface area contributed by atoms with Crippen LogP contribution >= 0.6 is 0 Å². The number of benzene rings is 1. The highest BCUT2D eigenvalue weighted by Crippen LogP contribution is 2.24. The molecule has 0 unspecified atom stereocenters. The summed E-state index contributed by atoms with van der Waals surface area (Å²) >= 11 is 0. The predicted molar refractivity (Wildman–Crippen MR) is 89.4 cm³/mol. The van der Waals surface area contributed by atoms with Crippen molar-refractivity contribution in [1.29, 1.82) is 0 Å². The van der Waals surface area contributed by atoms with Crippen molar-refractivity contribution in [2.45, 2.75) is 33.6 Å². The van der Waals surface area contributed by atoms with E-state index in [1.165, 1.54) is 5.56 Å². The Morgan fingerprint density at radius 3 is 2.36 bits per heavy atom. The van der Waals surface area contributed by atoms with Crippen LogP contribution in [0.1, 0.15) is 29.5 Å². The summed E-state index contributed by atoms with van der Waals surface area (Å²) < 4.78 is 5.81. The molecule has 1 aromatic rings. The SMILES string of the molecule is CNCC1CCN(C(=O)COc2c(C)cc(C)cc2C)CC1. The first-order valence-electron chi connectivity index (χ1n) is 8.14. The van der Waals surface area contributed by atoms with Crippen molar-refractivity contribution >= 4 is 5.91 Å². The van der Waals surface area contributed by atoms with Crippen molar-refractivity contribution in [1.82, 2.24) is 10.2 Å². The second-order valence-corrected chi connectivity index (χ2v) is 6.40. The highest BCUT2D eigenvalue weighted by Gasteiger charge is 2.22. The molecule has 0 saturated carbocycles. The van der Waals surface area contributed by atoms with E-state index < -0.39 is 0 Å². The Labute approximate surface area is 133 Å². The molecule has 1 N–H and O–H groups in total. The van der Waals surface area contributed by atoms with Crippen molar-refractivity contribution in [3.8, 4) is 5.75 Å². The maximum Gasteiger partial charge on any atom is 0.260 e. The van der Waals surface area contributed by atoms with E-state index in [9.17, 15) is 4.79 Å². The molecule has 1 fully saturated rings. The number of rotatable bonds is 5. The average molecular weight is 304 g/mol. The van der Waals surface area contributed by atoms with Crippen molar-refractivity contribution in [3.05, 3.63) is 28.8 Å². The number of hydrogen-bond donors (Lipinski definition) is 1. The maximum absolute atomic E-state index is 12.3. The predicted octanol–water partition coefficient (Wildman–Crippen LogP) is 2.45. The minimum atomic E-state index is 0.0993. The number of nitrogens with one attached hydrogen (secondary N) is 1. The Hall–Kier alpha value is -1.55.